The molecule has 2 N–H and O–H groups in total. The fourth-order valence-corrected chi connectivity index (χ4v) is 2.52. The van der Waals surface area contributed by atoms with Crippen molar-refractivity contribution in [2.45, 2.75) is 12.4 Å². The molecule has 0 bridgehead atoms. The second-order valence-corrected chi connectivity index (χ2v) is 5.98. The molecule has 146 valence electrons. The van der Waals surface area contributed by atoms with Gasteiger partial charge in [0.1, 0.15) is 0 Å². The molecule has 0 amide bonds. The first kappa shape index (κ1) is 19.6. The third kappa shape index (κ3) is 4.97. The van der Waals surface area contributed by atoms with Crippen molar-refractivity contribution in [3.05, 3.63) is 83.9 Å². The van der Waals surface area contributed by atoms with Gasteiger partial charge < -0.3 is 10.6 Å². The Morgan fingerprint density at radius 1 is 0.464 bits per heavy atom. The average molecular weight is 396 g/mol. The Morgan fingerprint density at radius 2 is 0.821 bits per heavy atom. The van der Waals surface area contributed by atoms with Crippen LogP contribution in [0.15, 0.2) is 72.8 Å². The van der Waals surface area contributed by atoms with Crippen LogP contribution in [0.5, 0.6) is 0 Å². The molecule has 0 spiro atoms. The van der Waals surface area contributed by atoms with Crippen LogP contribution < -0.4 is 10.6 Å². The van der Waals surface area contributed by atoms with Crippen molar-refractivity contribution in [2.24, 2.45) is 0 Å². The summed E-state index contributed by atoms with van der Waals surface area (Å²) in [6.07, 6.45) is -8.87. The number of alkyl halides is 6. The van der Waals surface area contributed by atoms with E-state index in [9.17, 15) is 26.3 Å². The first-order chi connectivity index (χ1) is 13.1. The lowest BCUT2D eigenvalue weighted by atomic mass is 10.1. The molecular formula is C20H14F6N2. The lowest BCUT2D eigenvalue weighted by Crippen LogP contribution is -2.05. The van der Waals surface area contributed by atoms with Crippen molar-refractivity contribution >= 4 is 22.7 Å². The van der Waals surface area contributed by atoms with Crippen LogP contribution in [-0.2, 0) is 12.4 Å². The summed E-state index contributed by atoms with van der Waals surface area (Å²) in [6.45, 7) is 0. The molecule has 0 radical (unpaired) electrons. The number of nitrogens with one attached hydrogen (secondary N) is 2. The van der Waals surface area contributed by atoms with Gasteiger partial charge in [-0.25, -0.2) is 0 Å². The molecule has 0 saturated carbocycles. The van der Waals surface area contributed by atoms with Crippen molar-refractivity contribution < 1.29 is 26.3 Å². The summed E-state index contributed by atoms with van der Waals surface area (Å²) in [5.74, 6) is 0. The average Bonchev–Trinajstić information content (AvgIpc) is 2.62. The summed E-state index contributed by atoms with van der Waals surface area (Å²) >= 11 is 0. The van der Waals surface area contributed by atoms with Crippen LogP contribution in [0.3, 0.4) is 0 Å². The van der Waals surface area contributed by atoms with Crippen molar-refractivity contribution in [1.29, 1.82) is 0 Å². The number of hydrogen-bond donors (Lipinski definition) is 2. The molecule has 0 aliphatic carbocycles. The maximum absolute atomic E-state index is 12.8. The Balaban J connectivity index is 1.71. The van der Waals surface area contributed by atoms with Gasteiger partial charge in [-0.15, -0.1) is 0 Å². The van der Waals surface area contributed by atoms with E-state index >= 15 is 0 Å². The van der Waals surface area contributed by atoms with Crippen LogP contribution >= 0.6 is 0 Å². The fraction of sp³-hybridized carbons (Fsp3) is 0.100. The molecule has 0 atom stereocenters. The van der Waals surface area contributed by atoms with Crippen LogP contribution in [0.4, 0.5) is 49.1 Å². The first-order valence-electron chi connectivity index (χ1n) is 8.10. The molecule has 8 heteroatoms. The SMILES string of the molecule is FC(F)(F)c1cccc(Nc2ccc(Nc3cccc(C(F)(F)F)c3)cc2)c1. The maximum Gasteiger partial charge on any atom is 0.416 e. The molecule has 0 aromatic heterocycles. The highest BCUT2D eigenvalue weighted by atomic mass is 19.4. The van der Waals surface area contributed by atoms with Gasteiger partial charge in [0.15, 0.2) is 0 Å². The highest BCUT2D eigenvalue weighted by Gasteiger charge is 2.31. The Labute approximate surface area is 156 Å². The van der Waals surface area contributed by atoms with Crippen molar-refractivity contribution in [1.82, 2.24) is 0 Å². The van der Waals surface area contributed by atoms with Gasteiger partial charge >= 0.3 is 12.4 Å². The monoisotopic (exact) mass is 396 g/mol. The zero-order chi connectivity index (χ0) is 20.4. The minimum absolute atomic E-state index is 0.272. The second-order valence-electron chi connectivity index (χ2n) is 5.98. The van der Waals surface area contributed by atoms with E-state index in [4.69, 9.17) is 0 Å². The molecule has 28 heavy (non-hydrogen) atoms. The molecule has 3 rings (SSSR count). The predicted octanol–water partition coefficient (Wildman–Crippen LogP) is 7.21. The molecule has 0 aliphatic rings. The standard InChI is InChI=1S/C20H14F6N2/c21-19(22,23)13-3-1-5-17(11-13)27-15-7-9-16(10-8-15)28-18-6-2-4-14(12-18)20(24,25)26/h1-12,27-28H. The molecule has 0 fully saturated rings. The van der Waals surface area contributed by atoms with Crippen molar-refractivity contribution in [2.75, 3.05) is 10.6 Å². The van der Waals surface area contributed by atoms with Crippen molar-refractivity contribution in [3.8, 4) is 0 Å². The second kappa shape index (κ2) is 7.46. The van der Waals surface area contributed by atoms with Gasteiger partial charge in [0.2, 0.25) is 0 Å². The van der Waals surface area contributed by atoms with Gasteiger partial charge in [0.05, 0.1) is 11.1 Å². The fourth-order valence-electron chi connectivity index (χ4n) is 2.52. The van der Waals surface area contributed by atoms with E-state index in [0.29, 0.717) is 11.4 Å². The van der Waals surface area contributed by atoms with E-state index in [-0.39, 0.29) is 11.4 Å². The number of hydrogen-bond acceptors (Lipinski definition) is 2. The summed E-state index contributed by atoms with van der Waals surface area (Å²) in [5, 5.41) is 5.72. The van der Waals surface area contributed by atoms with Crippen LogP contribution in [0.25, 0.3) is 0 Å². The van der Waals surface area contributed by atoms with Gasteiger partial charge in [-0.1, -0.05) is 12.1 Å². The Bertz CT molecular complexity index is 867. The summed E-state index contributed by atoms with van der Waals surface area (Å²) in [5.41, 5.74) is 0.0883. The predicted molar refractivity (Wildman–Crippen MR) is 95.9 cm³/mol. The topological polar surface area (TPSA) is 24.1 Å². The van der Waals surface area contributed by atoms with Gasteiger partial charge in [-0.05, 0) is 60.7 Å². The summed E-state index contributed by atoms with van der Waals surface area (Å²) in [4.78, 5) is 0. The van der Waals surface area contributed by atoms with Crippen LogP contribution in [0.1, 0.15) is 11.1 Å². The number of benzene rings is 3. The molecule has 3 aromatic carbocycles. The van der Waals surface area contributed by atoms with Gasteiger partial charge in [-0.2, -0.15) is 26.3 Å². The normalized spacial score (nSPS) is 11.9. The minimum Gasteiger partial charge on any atom is -0.356 e. The van der Waals surface area contributed by atoms with E-state index < -0.39 is 23.5 Å². The summed E-state index contributed by atoms with van der Waals surface area (Å²) < 4.78 is 76.6. The third-order valence-electron chi connectivity index (χ3n) is 3.84. The smallest absolute Gasteiger partial charge is 0.356 e. The lowest BCUT2D eigenvalue weighted by Gasteiger charge is -2.12. The molecule has 2 nitrogen and oxygen atoms in total. The third-order valence-corrected chi connectivity index (χ3v) is 3.84. The molecule has 0 unspecified atom stereocenters. The van der Waals surface area contributed by atoms with E-state index in [1.54, 1.807) is 24.3 Å². The van der Waals surface area contributed by atoms with Crippen LogP contribution in [0, 0.1) is 0 Å². The van der Waals surface area contributed by atoms with E-state index in [1.165, 1.54) is 24.3 Å². The lowest BCUT2D eigenvalue weighted by molar-refractivity contribution is -0.138. The van der Waals surface area contributed by atoms with Crippen LogP contribution in [0.2, 0.25) is 0 Å². The van der Waals surface area contributed by atoms with Gasteiger partial charge in [0, 0.05) is 22.7 Å². The zero-order valence-electron chi connectivity index (χ0n) is 14.2. The van der Waals surface area contributed by atoms with Gasteiger partial charge in [-0.3, -0.25) is 0 Å². The highest BCUT2D eigenvalue weighted by Crippen LogP contribution is 2.33. The summed E-state index contributed by atoms with van der Waals surface area (Å²) in [7, 11) is 0. The largest absolute Gasteiger partial charge is 0.416 e. The molecule has 3 aromatic rings. The first-order valence-corrected chi connectivity index (χ1v) is 8.10. The number of halogens is 6. The Morgan fingerprint density at radius 3 is 1.14 bits per heavy atom. The van der Waals surface area contributed by atoms with Crippen molar-refractivity contribution in [3.63, 3.8) is 0 Å². The van der Waals surface area contributed by atoms with Crippen LogP contribution in [-0.4, -0.2) is 0 Å². The molecule has 0 saturated heterocycles. The van der Waals surface area contributed by atoms with E-state index in [1.807, 2.05) is 0 Å². The number of rotatable bonds is 4. The molecule has 0 aliphatic heterocycles. The zero-order valence-corrected chi connectivity index (χ0v) is 14.2. The molecule has 0 heterocycles. The van der Waals surface area contributed by atoms with E-state index in [2.05, 4.69) is 10.6 Å². The highest BCUT2D eigenvalue weighted by molar-refractivity contribution is 5.66. The quantitative estimate of drug-likeness (QED) is 0.455. The summed E-state index contributed by atoms with van der Waals surface area (Å²) in [6, 6.07) is 16.0. The minimum atomic E-state index is -4.43. The number of anilines is 4. The van der Waals surface area contributed by atoms with Gasteiger partial charge in [0.25, 0.3) is 0 Å². The van der Waals surface area contributed by atoms with E-state index in [0.717, 1.165) is 24.3 Å². The molecular weight excluding hydrogens is 382 g/mol. The maximum atomic E-state index is 12.8. The Hall–Kier alpha value is -3.16. The Kier molecular flexibility index (Phi) is 5.22.